The van der Waals surface area contributed by atoms with E-state index in [1.807, 2.05) is 0 Å². The summed E-state index contributed by atoms with van der Waals surface area (Å²) in [7, 11) is 0.415. The summed E-state index contributed by atoms with van der Waals surface area (Å²) in [4.78, 5) is 1.57. The standard InChI is InChI=1S/C18H27OS/c1-18(2,3)14-8-10-15(11-9-14)20-13-12-19-16-6-4-5-7-17(16)20/h8-11,16-17H,4-7,12-13H2,1-3H3/q+1. The minimum atomic E-state index is 0.255. The smallest absolute Gasteiger partial charge is 0.155 e. The van der Waals surface area contributed by atoms with Gasteiger partial charge < -0.3 is 4.74 Å². The quantitative estimate of drug-likeness (QED) is 0.701. The molecule has 0 amide bonds. The van der Waals surface area contributed by atoms with Crippen LogP contribution in [0, 0.1) is 0 Å². The van der Waals surface area contributed by atoms with Crippen molar-refractivity contribution in [2.24, 2.45) is 0 Å². The van der Waals surface area contributed by atoms with Crippen molar-refractivity contribution in [3.05, 3.63) is 29.8 Å². The summed E-state index contributed by atoms with van der Waals surface area (Å²) in [5.41, 5.74) is 1.70. The van der Waals surface area contributed by atoms with E-state index in [9.17, 15) is 0 Å². The van der Waals surface area contributed by atoms with Gasteiger partial charge in [-0.2, -0.15) is 0 Å². The maximum Gasteiger partial charge on any atom is 0.155 e. The van der Waals surface area contributed by atoms with E-state index in [0.717, 1.165) is 11.9 Å². The van der Waals surface area contributed by atoms with Crippen LogP contribution in [0.5, 0.6) is 0 Å². The first kappa shape index (κ1) is 14.5. The Balaban J connectivity index is 1.80. The van der Waals surface area contributed by atoms with Crippen LogP contribution in [0.1, 0.15) is 52.0 Å². The molecular weight excluding hydrogens is 264 g/mol. The Kier molecular flexibility index (Phi) is 4.14. The minimum absolute atomic E-state index is 0.255. The van der Waals surface area contributed by atoms with Gasteiger partial charge in [-0.05, 0) is 42.4 Å². The molecule has 0 bridgehead atoms. The number of hydrogen-bond donors (Lipinski definition) is 0. The van der Waals surface area contributed by atoms with Crippen LogP contribution in [0.2, 0.25) is 0 Å². The molecular formula is C18H27OS+. The third-order valence-corrected chi connectivity index (χ3v) is 7.42. The van der Waals surface area contributed by atoms with Crippen LogP contribution in [0.4, 0.5) is 0 Å². The first-order valence-electron chi connectivity index (χ1n) is 7.97. The highest BCUT2D eigenvalue weighted by molar-refractivity contribution is 7.97. The molecule has 1 aromatic carbocycles. The monoisotopic (exact) mass is 291 g/mol. The van der Waals surface area contributed by atoms with Crippen LogP contribution < -0.4 is 0 Å². The summed E-state index contributed by atoms with van der Waals surface area (Å²) in [5.74, 6) is 1.23. The van der Waals surface area contributed by atoms with Crippen LogP contribution >= 0.6 is 0 Å². The maximum absolute atomic E-state index is 6.02. The Bertz CT molecular complexity index is 443. The molecule has 0 N–H and O–H groups in total. The molecule has 1 saturated carbocycles. The molecule has 0 aromatic heterocycles. The summed E-state index contributed by atoms with van der Waals surface area (Å²) in [6.45, 7) is 7.83. The minimum Gasteiger partial charge on any atom is -0.368 e. The summed E-state index contributed by atoms with van der Waals surface area (Å²) in [5, 5.41) is 0.790. The SMILES string of the molecule is CC(C)(C)c1ccc([S+]2CCOC3CCCCC32)cc1. The maximum atomic E-state index is 6.02. The van der Waals surface area contributed by atoms with Gasteiger partial charge in [-0.3, -0.25) is 0 Å². The van der Waals surface area contributed by atoms with E-state index in [1.54, 1.807) is 4.90 Å². The van der Waals surface area contributed by atoms with Gasteiger partial charge in [0.05, 0.1) is 6.61 Å². The zero-order valence-electron chi connectivity index (χ0n) is 13.0. The molecule has 3 unspecified atom stereocenters. The highest BCUT2D eigenvalue weighted by Crippen LogP contribution is 2.35. The normalized spacial score (nSPS) is 30.9. The summed E-state index contributed by atoms with van der Waals surface area (Å²) in [6.07, 6.45) is 5.96. The molecule has 2 heteroatoms. The lowest BCUT2D eigenvalue weighted by Crippen LogP contribution is -2.45. The summed E-state index contributed by atoms with van der Waals surface area (Å²) >= 11 is 0. The number of rotatable bonds is 1. The largest absolute Gasteiger partial charge is 0.368 e. The van der Waals surface area contributed by atoms with E-state index >= 15 is 0 Å². The highest BCUT2D eigenvalue weighted by Gasteiger charge is 2.44. The van der Waals surface area contributed by atoms with Gasteiger partial charge in [0.1, 0.15) is 17.1 Å². The Morgan fingerprint density at radius 1 is 1.05 bits per heavy atom. The highest BCUT2D eigenvalue weighted by atomic mass is 32.2. The molecule has 110 valence electrons. The molecule has 2 aliphatic rings. The van der Waals surface area contributed by atoms with Crippen molar-refractivity contribution in [2.45, 2.75) is 68.1 Å². The van der Waals surface area contributed by atoms with Crippen LogP contribution in [0.25, 0.3) is 0 Å². The van der Waals surface area contributed by atoms with Crippen molar-refractivity contribution in [3.63, 3.8) is 0 Å². The summed E-state index contributed by atoms with van der Waals surface area (Å²) in [6, 6.07) is 9.46. The molecule has 1 aliphatic heterocycles. The van der Waals surface area contributed by atoms with Gasteiger partial charge >= 0.3 is 0 Å². The van der Waals surface area contributed by atoms with Crippen molar-refractivity contribution < 1.29 is 4.74 Å². The molecule has 1 heterocycles. The van der Waals surface area contributed by atoms with E-state index in [0.29, 0.717) is 17.0 Å². The Hall–Kier alpha value is -0.470. The predicted molar refractivity (Wildman–Crippen MR) is 87.6 cm³/mol. The predicted octanol–water partition coefficient (Wildman–Crippen LogP) is 4.30. The fourth-order valence-electron chi connectivity index (χ4n) is 3.44. The molecule has 1 aromatic rings. The van der Waals surface area contributed by atoms with Crippen LogP contribution in [0.15, 0.2) is 29.2 Å². The fraction of sp³-hybridized carbons (Fsp3) is 0.667. The topological polar surface area (TPSA) is 9.23 Å². The van der Waals surface area contributed by atoms with Gasteiger partial charge in [-0.1, -0.05) is 39.3 Å². The second-order valence-electron chi connectivity index (χ2n) is 7.14. The zero-order valence-corrected chi connectivity index (χ0v) is 13.8. The van der Waals surface area contributed by atoms with Gasteiger partial charge in [0.25, 0.3) is 0 Å². The van der Waals surface area contributed by atoms with Crippen LogP contribution in [-0.2, 0) is 21.0 Å². The molecule has 1 saturated heterocycles. The average molecular weight is 291 g/mol. The molecule has 1 aliphatic carbocycles. The molecule has 0 radical (unpaired) electrons. The van der Waals surface area contributed by atoms with Crippen LogP contribution in [-0.4, -0.2) is 23.7 Å². The van der Waals surface area contributed by atoms with Gasteiger partial charge in [-0.15, -0.1) is 0 Å². The number of hydrogen-bond acceptors (Lipinski definition) is 1. The van der Waals surface area contributed by atoms with E-state index in [4.69, 9.17) is 4.74 Å². The lowest BCUT2D eigenvalue weighted by molar-refractivity contribution is 0.0342. The second kappa shape index (κ2) is 5.73. The van der Waals surface area contributed by atoms with Gasteiger partial charge in [0.15, 0.2) is 4.90 Å². The Labute approximate surface area is 126 Å². The molecule has 0 spiro atoms. The van der Waals surface area contributed by atoms with E-state index in [1.165, 1.54) is 37.0 Å². The van der Waals surface area contributed by atoms with Crippen molar-refractivity contribution in [1.82, 2.24) is 0 Å². The number of benzene rings is 1. The number of fused-ring (bicyclic) bond motifs is 1. The van der Waals surface area contributed by atoms with Gasteiger partial charge in [0, 0.05) is 10.9 Å². The lowest BCUT2D eigenvalue weighted by atomic mass is 9.87. The van der Waals surface area contributed by atoms with Crippen LogP contribution in [0.3, 0.4) is 0 Å². The Morgan fingerprint density at radius 3 is 2.45 bits per heavy atom. The number of ether oxygens (including phenoxy) is 1. The van der Waals surface area contributed by atoms with E-state index in [2.05, 4.69) is 45.0 Å². The average Bonchev–Trinajstić information content (AvgIpc) is 2.46. The zero-order chi connectivity index (χ0) is 14.2. The first-order valence-corrected chi connectivity index (χ1v) is 9.43. The summed E-state index contributed by atoms with van der Waals surface area (Å²) < 4.78 is 6.02. The molecule has 2 fully saturated rings. The molecule has 20 heavy (non-hydrogen) atoms. The van der Waals surface area contributed by atoms with E-state index in [-0.39, 0.29) is 5.41 Å². The third kappa shape index (κ3) is 2.92. The van der Waals surface area contributed by atoms with Crippen molar-refractivity contribution in [2.75, 3.05) is 12.4 Å². The first-order chi connectivity index (χ1) is 9.55. The van der Waals surface area contributed by atoms with Crippen molar-refractivity contribution in [3.8, 4) is 0 Å². The fourth-order valence-corrected chi connectivity index (χ4v) is 6.12. The molecule has 3 atom stereocenters. The van der Waals surface area contributed by atoms with Gasteiger partial charge in [-0.25, -0.2) is 0 Å². The Morgan fingerprint density at radius 2 is 1.75 bits per heavy atom. The van der Waals surface area contributed by atoms with Crippen molar-refractivity contribution in [1.29, 1.82) is 0 Å². The lowest BCUT2D eigenvalue weighted by Gasteiger charge is -2.34. The second-order valence-corrected chi connectivity index (χ2v) is 9.48. The molecule has 3 rings (SSSR count). The third-order valence-electron chi connectivity index (χ3n) is 4.67. The molecule has 1 nitrogen and oxygen atoms in total. The van der Waals surface area contributed by atoms with Gasteiger partial charge in [0.2, 0.25) is 0 Å². The van der Waals surface area contributed by atoms with Crippen molar-refractivity contribution >= 4 is 10.9 Å². The van der Waals surface area contributed by atoms with E-state index < -0.39 is 0 Å².